The standard InChI is InChI=1S/C55H39N3Si/c1-55(2)44-27-15-12-24-41(44)49-45(55)34-35-47-50(49)42-25-13-16-28-46(42)58(47)38-32-30-36(31-33-38)52-51-43-26-14-17-29-48(43)59(39-20-8-4-9-21-39,40-22-10-5-11-23-40)54(51)57-53(56-52)37-18-6-3-7-19-37/h3-35H,1-2H3. The lowest BCUT2D eigenvalue weighted by atomic mass is 9.82. The van der Waals surface area contributed by atoms with Crippen molar-refractivity contribution < 1.29 is 0 Å². The number of hydrogen-bond acceptors (Lipinski definition) is 2. The maximum atomic E-state index is 5.66. The van der Waals surface area contributed by atoms with Gasteiger partial charge in [0.05, 0.1) is 22.0 Å². The number of rotatable bonds is 5. The number of hydrogen-bond donors (Lipinski definition) is 0. The van der Waals surface area contributed by atoms with Crippen molar-refractivity contribution in [1.29, 1.82) is 0 Å². The summed E-state index contributed by atoms with van der Waals surface area (Å²) < 4.78 is 2.44. The van der Waals surface area contributed by atoms with E-state index in [1.807, 2.05) is 0 Å². The Bertz CT molecular complexity index is 3240. The van der Waals surface area contributed by atoms with E-state index in [4.69, 9.17) is 9.97 Å². The number of benzene rings is 8. The second kappa shape index (κ2) is 12.7. The fourth-order valence-corrected chi connectivity index (χ4v) is 15.5. The van der Waals surface area contributed by atoms with Crippen molar-refractivity contribution in [3.63, 3.8) is 0 Å². The van der Waals surface area contributed by atoms with Gasteiger partial charge < -0.3 is 4.57 Å². The molecule has 1 aliphatic heterocycles. The highest BCUT2D eigenvalue weighted by Gasteiger charge is 2.51. The molecule has 10 aromatic rings. The summed E-state index contributed by atoms with van der Waals surface area (Å²) in [6.07, 6.45) is 0. The highest BCUT2D eigenvalue weighted by molar-refractivity contribution is 7.21. The minimum Gasteiger partial charge on any atom is -0.309 e. The molecular weight excluding hydrogens is 731 g/mol. The summed E-state index contributed by atoms with van der Waals surface area (Å²) >= 11 is 0. The van der Waals surface area contributed by atoms with Gasteiger partial charge >= 0.3 is 0 Å². The molecule has 2 aliphatic rings. The summed E-state index contributed by atoms with van der Waals surface area (Å²) in [6.45, 7) is 4.72. The minimum atomic E-state index is -2.87. The lowest BCUT2D eigenvalue weighted by Gasteiger charge is -2.30. The monoisotopic (exact) mass is 769 g/mol. The van der Waals surface area contributed by atoms with Gasteiger partial charge in [-0.2, -0.15) is 0 Å². The number of nitrogens with zero attached hydrogens (tertiary/aromatic N) is 3. The highest BCUT2D eigenvalue weighted by atomic mass is 28.3. The van der Waals surface area contributed by atoms with Gasteiger partial charge in [0.25, 0.3) is 0 Å². The van der Waals surface area contributed by atoms with Crippen LogP contribution in [0.5, 0.6) is 0 Å². The zero-order chi connectivity index (χ0) is 39.3. The van der Waals surface area contributed by atoms with Crippen LogP contribution in [-0.4, -0.2) is 22.6 Å². The van der Waals surface area contributed by atoms with E-state index < -0.39 is 8.07 Å². The molecule has 0 unspecified atom stereocenters. The topological polar surface area (TPSA) is 30.7 Å². The van der Waals surface area contributed by atoms with E-state index in [9.17, 15) is 0 Å². The predicted molar refractivity (Wildman–Crippen MR) is 247 cm³/mol. The van der Waals surface area contributed by atoms with Crippen molar-refractivity contribution in [2.24, 2.45) is 0 Å². The first kappa shape index (κ1) is 33.9. The van der Waals surface area contributed by atoms with E-state index in [0.29, 0.717) is 0 Å². The van der Waals surface area contributed by atoms with E-state index >= 15 is 0 Å². The number of para-hydroxylation sites is 1. The smallest absolute Gasteiger partial charge is 0.203 e. The predicted octanol–water partition coefficient (Wildman–Crippen LogP) is 10.6. The van der Waals surface area contributed by atoms with E-state index in [1.54, 1.807) is 0 Å². The molecule has 8 aromatic carbocycles. The Labute approximate surface area is 345 Å². The molecule has 12 rings (SSSR count). The summed E-state index contributed by atoms with van der Waals surface area (Å²) in [7, 11) is -2.87. The van der Waals surface area contributed by atoms with Crippen LogP contribution >= 0.6 is 0 Å². The molecule has 0 radical (unpaired) electrons. The fourth-order valence-electron chi connectivity index (χ4n) is 10.5. The first-order valence-corrected chi connectivity index (χ1v) is 22.5. The number of aromatic nitrogens is 3. The first-order valence-electron chi connectivity index (χ1n) is 20.5. The van der Waals surface area contributed by atoms with Gasteiger partial charge in [-0.15, -0.1) is 0 Å². The molecule has 59 heavy (non-hydrogen) atoms. The van der Waals surface area contributed by atoms with Gasteiger partial charge in [-0.25, -0.2) is 9.97 Å². The van der Waals surface area contributed by atoms with Gasteiger partial charge in [0.2, 0.25) is 8.07 Å². The Morgan fingerprint density at radius 3 is 1.80 bits per heavy atom. The zero-order valence-electron chi connectivity index (χ0n) is 32.9. The summed E-state index contributed by atoms with van der Waals surface area (Å²) in [5.74, 6) is 0.749. The highest BCUT2D eigenvalue weighted by Crippen LogP contribution is 2.53. The van der Waals surface area contributed by atoms with Crippen LogP contribution in [0.3, 0.4) is 0 Å². The largest absolute Gasteiger partial charge is 0.309 e. The molecule has 4 heteroatoms. The molecule has 0 saturated heterocycles. The SMILES string of the molecule is CC1(C)c2ccccc2-c2c1ccc1c2c2ccccc2n1-c1ccc(-c2nc(-c3ccccc3)nc3c2-c2ccccc2[Si]3(c2ccccc2)c2ccccc2)cc1. The maximum Gasteiger partial charge on any atom is 0.203 e. The van der Waals surface area contributed by atoms with Crippen molar-refractivity contribution in [3.8, 4) is 50.6 Å². The summed E-state index contributed by atoms with van der Waals surface area (Å²) in [5, 5.41) is 7.73. The Morgan fingerprint density at radius 2 is 1.07 bits per heavy atom. The van der Waals surface area contributed by atoms with Gasteiger partial charge in [-0.05, 0) is 67.6 Å². The van der Waals surface area contributed by atoms with Gasteiger partial charge in [-0.3, -0.25) is 0 Å². The van der Waals surface area contributed by atoms with Crippen molar-refractivity contribution >= 4 is 50.8 Å². The molecule has 0 spiro atoms. The van der Waals surface area contributed by atoms with Crippen molar-refractivity contribution in [2.45, 2.75) is 19.3 Å². The van der Waals surface area contributed by atoms with Crippen molar-refractivity contribution in [2.75, 3.05) is 0 Å². The van der Waals surface area contributed by atoms with Crippen LogP contribution in [0.15, 0.2) is 200 Å². The summed E-state index contributed by atoms with van der Waals surface area (Å²) in [5.41, 5.74) is 14.4. The van der Waals surface area contributed by atoms with Gasteiger partial charge in [-0.1, -0.05) is 190 Å². The number of fused-ring (bicyclic) bond motifs is 10. The van der Waals surface area contributed by atoms with Crippen LogP contribution < -0.4 is 20.9 Å². The normalized spacial score (nSPS) is 14.2. The molecular formula is C55H39N3Si. The van der Waals surface area contributed by atoms with Crippen LogP contribution in [-0.2, 0) is 5.41 Å². The molecule has 3 nitrogen and oxygen atoms in total. The first-order chi connectivity index (χ1) is 29.0. The molecule has 0 amide bonds. The van der Waals surface area contributed by atoms with E-state index in [0.717, 1.165) is 39.2 Å². The van der Waals surface area contributed by atoms with Crippen LogP contribution in [0.2, 0.25) is 0 Å². The molecule has 278 valence electrons. The minimum absolute atomic E-state index is 0.0680. The average Bonchev–Trinajstić information content (AvgIpc) is 3.88. The molecule has 0 bridgehead atoms. The van der Waals surface area contributed by atoms with E-state index in [-0.39, 0.29) is 5.41 Å². The van der Waals surface area contributed by atoms with Gasteiger partial charge in [0, 0.05) is 38.6 Å². The Hall–Kier alpha value is -7.14. The van der Waals surface area contributed by atoms with Crippen LogP contribution in [0.1, 0.15) is 25.0 Å². The van der Waals surface area contributed by atoms with Crippen LogP contribution in [0, 0.1) is 0 Å². The average molecular weight is 770 g/mol. The van der Waals surface area contributed by atoms with Crippen LogP contribution in [0.4, 0.5) is 0 Å². The lowest BCUT2D eigenvalue weighted by molar-refractivity contribution is 0.661. The Morgan fingerprint density at radius 1 is 0.458 bits per heavy atom. The summed E-state index contributed by atoms with van der Waals surface area (Å²) in [4.78, 5) is 11.2. The van der Waals surface area contributed by atoms with Gasteiger partial charge in [0.15, 0.2) is 5.82 Å². The van der Waals surface area contributed by atoms with Crippen molar-refractivity contribution in [1.82, 2.24) is 14.5 Å². The molecule has 2 aromatic heterocycles. The zero-order valence-corrected chi connectivity index (χ0v) is 33.9. The molecule has 0 saturated carbocycles. The lowest BCUT2D eigenvalue weighted by Crippen LogP contribution is -2.73. The quantitative estimate of drug-likeness (QED) is 0.163. The van der Waals surface area contributed by atoms with E-state index in [1.165, 1.54) is 65.2 Å². The second-order valence-electron chi connectivity index (χ2n) is 16.5. The third kappa shape index (κ3) is 4.69. The third-order valence-electron chi connectivity index (χ3n) is 13.1. The molecule has 1 aliphatic carbocycles. The fraction of sp³-hybridized carbons (Fsp3) is 0.0545. The van der Waals surface area contributed by atoms with E-state index in [2.05, 4.69) is 219 Å². The summed E-state index contributed by atoms with van der Waals surface area (Å²) in [6, 6.07) is 73.3. The van der Waals surface area contributed by atoms with Gasteiger partial charge in [0.1, 0.15) is 0 Å². The molecule has 3 heterocycles. The molecule has 0 atom stereocenters. The van der Waals surface area contributed by atoms with Crippen molar-refractivity contribution in [3.05, 3.63) is 211 Å². The molecule has 0 fully saturated rings. The van der Waals surface area contributed by atoms with Crippen LogP contribution in [0.25, 0.3) is 72.4 Å². The Balaban J connectivity index is 1.11. The molecule has 0 N–H and O–H groups in total. The maximum absolute atomic E-state index is 5.66. The Kier molecular flexibility index (Phi) is 7.29. The third-order valence-corrected chi connectivity index (χ3v) is 17.8. The second-order valence-corrected chi connectivity index (χ2v) is 20.1.